The largest absolute Gasteiger partial charge is 0.478 e. The number of aryl methyl sites for hydroxylation is 1. The molecule has 0 amide bonds. The smallest absolute Gasteiger partial charge is 0.265 e. The van der Waals surface area contributed by atoms with Gasteiger partial charge in [0, 0.05) is 53.7 Å². The Morgan fingerprint density at radius 1 is 1.06 bits per heavy atom. The lowest BCUT2D eigenvalue weighted by molar-refractivity contribution is 0.328. The standard InChI is InChI=1S/C24H20FN5O2/c1-3-32-21-9-5-16-14-30(19-7-8-20-17(10-19)13-29(2)28-20)24(31)22(23(16)27-21)15-4-6-18(11-25)26-12-15/h4-10,12-14H,3,11H2,1-2H3. The SMILES string of the molecule is CCOc1ccc2cn(-c3ccc4nn(C)cc4c3)c(=O)c(-c3ccc(CF)nc3)c2n1. The fraction of sp³-hybridized carbons (Fsp3) is 0.167. The zero-order chi connectivity index (χ0) is 22.2. The second-order valence-electron chi connectivity index (χ2n) is 7.42. The average Bonchev–Trinajstić information content (AvgIpc) is 3.18. The molecule has 8 heteroatoms. The van der Waals surface area contributed by atoms with E-state index in [1.165, 1.54) is 6.20 Å². The summed E-state index contributed by atoms with van der Waals surface area (Å²) < 4.78 is 21.9. The first kappa shape index (κ1) is 19.9. The molecule has 32 heavy (non-hydrogen) atoms. The predicted molar refractivity (Wildman–Crippen MR) is 121 cm³/mol. The summed E-state index contributed by atoms with van der Waals surface area (Å²) in [4.78, 5) is 22.4. The molecule has 0 fully saturated rings. The Balaban J connectivity index is 1.79. The summed E-state index contributed by atoms with van der Waals surface area (Å²) in [7, 11) is 1.86. The molecule has 4 heterocycles. The van der Waals surface area contributed by atoms with Crippen molar-refractivity contribution in [3.63, 3.8) is 0 Å². The number of nitrogens with zero attached hydrogens (tertiary/aromatic N) is 5. The number of pyridine rings is 3. The first-order valence-corrected chi connectivity index (χ1v) is 10.2. The Morgan fingerprint density at radius 2 is 1.94 bits per heavy atom. The number of alkyl halides is 1. The van der Waals surface area contributed by atoms with Gasteiger partial charge in [-0.3, -0.25) is 19.0 Å². The summed E-state index contributed by atoms with van der Waals surface area (Å²) in [5, 5.41) is 6.09. The van der Waals surface area contributed by atoms with Gasteiger partial charge in [0.05, 0.1) is 28.9 Å². The molecule has 0 radical (unpaired) electrons. The highest BCUT2D eigenvalue weighted by molar-refractivity contribution is 5.93. The van der Waals surface area contributed by atoms with Crippen molar-refractivity contribution >= 4 is 21.8 Å². The van der Waals surface area contributed by atoms with E-state index < -0.39 is 6.67 Å². The monoisotopic (exact) mass is 429 g/mol. The maximum atomic E-state index is 13.7. The fourth-order valence-electron chi connectivity index (χ4n) is 3.79. The number of benzene rings is 1. The van der Waals surface area contributed by atoms with Crippen LogP contribution in [0.25, 0.3) is 38.6 Å². The van der Waals surface area contributed by atoms with Gasteiger partial charge in [0.2, 0.25) is 5.88 Å². The molecule has 0 unspecified atom stereocenters. The molecular formula is C24H20FN5O2. The van der Waals surface area contributed by atoms with Crippen LogP contribution in [0.2, 0.25) is 0 Å². The molecule has 0 saturated carbocycles. The van der Waals surface area contributed by atoms with Gasteiger partial charge in [0.25, 0.3) is 5.56 Å². The van der Waals surface area contributed by atoms with E-state index >= 15 is 0 Å². The number of ether oxygens (including phenoxy) is 1. The van der Waals surface area contributed by atoms with Gasteiger partial charge in [0.1, 0.15) is 6.67 Å². The third-order valence-corrected chi connectivity index (χ3v) is 5.26. The van der Waals surface area contributed by atoms with E-state index in [1.807, 2.05) is 44.4 Å². The van der Waals surface area contributed by atoms with Gasteiger partial charge in [-0.15, -0.1) is 0 Å². The minimum absolute atomic E-state index is 0.253. The molecule has 0 atom stereocenters. The quantitative estimate of drug-likeness (QED) is 0.419. The van der Waals surface area contributed by atoms with E-state index in [0.717, 1.165) is 16.3 Å². The van der Waals surface area contributed by atoms with Gasteiger partial charge < -0.3 is 4.74 Å². The summed E-state index contributed by atoms with van der Waals surface area (Å²) in [6.07, 6.45) is 5.18. The van der Waals surface area contributed by atoms with Crippen molar-refractivity contribution in [1.82, 2.24) is 24.3 Å². The number of hydrogen-bond acceptors (Lipinski definition) is 5. The van der Waals surface area contributed by atoms with Crippen LogP contribution in [0.4, 0.5) is 4.39 Å². The first-order chi connectivity index (χ1) is 15.6. The number of halogens is 1. The molecule has 5 rings (SSSR count). The molecule has 160 valence electrons. The van der Waals surface area contributed by atoms with E-state index in [9.17, 15) is 9.18 Å². The maximum Gasteiger partial charge on any atom is 0.265 e. The third kappa shape index (κ3) is 3.39. The van der Waals surface area contributed by atoms with Crippen molar-refractivity contribution in [2.45, 2.75) is 13.6 Å². The van der Waals surface area contributed by atoms with Crippen LogP contribution >= 0.6 is 0 Å². The Labute approximate surface area is 182 Å². The lowest BCUT2D eigenvalue weighted by Gasteiger charge is -2.13. The van der Waals surface area contributed by atoms with Crippen molar-refractivity contribution in [2.24, 2.45) is 7.05 Å². The van der Waals surface area contributed by atoms with Crippen LogP contribution < -0.4 is 10.3 Å². The first-order valence-electron chi connectivity index (χ1n) is 10.2. The Kier molecular flexibility index (Phi) is 4.89. The van der Waals surface area contributed by atoms with Crippen LogP contribution in [0.5, 0.6) is 5.88 Å². The Morgan fingerprint density at radius 3 is 2.69 bits per heavy atom. The van der Waals surface area contributed by atoms with Gasteiger partial charge in [0.15, 0.2) is 0 Å². The molecular weight excluding hydrogens is 409 g/mol. The predicted octanol–water partition coefficient (Wildman–Crippen LogP) is 4.20. The number of aromatic nitrogens is 5. The molecule has 0 bridgehead atoms. The highest BCUT2D eigenvalue weighted by atomic mass is 19.1. The number of hydrogen-bond donors (Lipinski definition) is 0. The normalized spacial score (nSPS) is 11.3. The van der Waals surface area contributed by atoms with Crippen molar-refractivity contribution in [3.8, 4) is 22.7 Å². The third-order valence-electron chi connectivity index (χ3n) is 5.26. The molecule has 0 aliphatic heterocycles. The molecule has 5 aromatic rings. The van der Waals surface area contributed by atoms with Crippen molar-refractivity contribution in [3.05, 3.63) is 77.1 Å². The highest BCUT2D eigenvalue weighted by Gasteiger charge is 2.16. The molecule has 0 N–H and O–H groups in total. The van der Waals surface area contributed by atoms with Crippen LogP contribution in [-0.2, 0) is 13.7 Å². The summed E-state index contributed by atoms with van der Waals surface area (Å²) in [6, 6.07) is 12.6. The molecule has 7 nitrogen and oxygen atoms in total. The summed E-state index contributed by atoms with van der Waals surface area (Å²) in [6.45, 7) is 1.67. The van der Waals surface area contributed by atoms with Crippen LogP contribution in [0, 0.1) is 0 Å². The molecule has 0 aliphatic carbocycles. The van der Waals surface area contributed by atoms with Crippen molar-refractivity contribution in [1.29, 1.82) is 0 Å². The van der Waals surface area contributed by atoms with Gasteiger partial charge >= 0.3 is 0 Å². The molecule has 0 spiro atoms. The lowest BCUT2D eigenvalue weighted by Crippen LogP contribution is -2.20. The summed E-state index contributed by atoms with van der Waals surface area (Å²) in [5.41, 5.74) is 3.06. The number of fused-ring (bicyclic) bond motifs is 2. The maximum absolute atomic E-state index is 13.7. The van der Waals surface area contributed by atoms with Gasteiger partial charge in [-0.1, -0.05) is 6.07 Å². The second kappa shape index (κ2) is 7.88. The van der Waals surface area contributed by atoms with Crippen LogP contribution in [0.3, 0.4) is 0 Å². The van der Waals surface area contributed by atoms with E-state index in [0.29, 0.717) is 40.5 Å². The van der Waals surface area contributed by atoms with Crippen molar-refractivity contribution in [2.75, 3.05) is 6.61 Å². The zero-order valence-corrected chi connectivity index (χ0v) is 17.6. The number of rotatable bonds is 5. The zero-order valence-electron chi connectivity index (χ0n) is 17.6. The second-order valence-corrected chi connectivity index (χ2v) is 7.42. The summed E-state index contributed by atoms with van der Waals surface area (Å²) >= 11 is 0. The van der Waals surface area contributed by atoms with E-state index in [2.05, 4.69) is 15.1 Å². The minimum Gasteiger partial charge on any atom is -0.478 e. The van der Waals surface area contributed by atoms with Gasteiger partial charge in [-0.05, 0) is 37.3 Å². The van der Waals surface area contributed by atoms with Gasteiger partial charge in [-0.2, -0.15) is 5.10 Å². The fourth-order valence-corrected chi connectivity index (χ4v) is 3.79. The topological polar surface area (TPSA) is 74.8 Å². The summed E-state index contributed by atoms with van der Waals surface area (Å²) in [5.74, 6) is 0.434. The Hall–Kier alpha value is -4.07. The van der Waals surface area contributed by atoms with E-state index in [1.54, 1.807) is 33.6 Å². The molecule has 4 aromatic heterocycles. The highest BCUT2D eigenvalue weighted by Crippen LogP contribution is 2.27. The molecule has 1 aromatic carbocycles. The molecule has 0 saturated heterocycles. The van der Waals surface area contributed by atoms with Crippen LogP contribution in [0.1, 0.15) is 12.6 Å². The van der Waals surface area contributed by atoms with Crippen LogP contribution in [0.15, 0.2) is 65.8 Å². The lowest BCUT2D eigenvalue weighted by atomic mass is 10.1. The van der Waals surface area contributed by atoms with E-state index in [-0.39, 0.29) is 5.56 Å². The van der Waals surface area contributed by atoms with Gasteiger partial charge in [-0.25, -0.2) is 9.37 Å². The van der Waals surface area contributed by atoms with E-state index in [4.69, 9.17) is 4.74 Å². The molecule has 0 aliphatic rings. The average molecular weight is 429 g/mol. The van der Waals surface area contributed by atoms with Crippen molar-refractivity contribution < 1.29 is 9.13 Å². The minimum atomic E-state index is -0.669. The Bertz CT molecular complexity index is 1510. The van der Waals surface area contributed by atoms with Crippen LogP contribution in [-0.4, -0.2) is 30.9 Å².